The average Bonchev–Trinajstić information content (AvgIpc) is 3.10. The van der Waals surface area contributed by atoms with E-state index in [1.807, 2.05) is 19.0 Å². The molecule has 0 saturated heterocycles. The summed E-state index contributed by atoms with van der Waals surface area (Å²) in [5.41, 5.74) is 0.371. The number of nitro groups is 1. The number of hydrogen-bond donors (Lipinski definition) is 2. The Morgan fingerprint density at radius 3 is 2.58 bits per heavy atom. The molecule has 0 fully saturated rings. The molecule has 0 bridgehead atoms. The van der Waals surface area contributed by atoms with Crippen LogP contribution < -0.4 is 10.6 Å². The molecule has 2 amide bonds. The molecule has 1 aromatic carbocycles. The first-order valence-electron chi connectivity index (χ1n) is 7.83. The maximum atomic E-state index is 12.1. The van der Waals surface area contributed by atoms with Gasteiger partial charge in [-0.15, -0.1) is 0 Å². The number of nitro benzene ring substituents is 1. The standard InChI is InChI=1S/C17H20N4O5/c1-11-6-7-12(13(9-11)21(24)25)19-17(23)16(22)18-10-14(20(2)3)15-5-4-8-26-15/h4-9,14H,10H2,1-3H3,(H,18,22)(H,19,23)/t14-/m1/s1. The second kappa shape index (κ2) is 8.26. The zero-order chi connectivity index (χ0) is 19.3. The van der Waals surface area contributed by atoms with Gasteiger partial charge in [-0.1, -0.05) is 6.07 Å². The zero-order valence-corrected chi connectivity index (χ0v) is 14.7. The number of aryl methyl sites for hydroxylation is 1. The number of nitrogens with zero attached hydrogens (tertiary/aromatic N) is 2. The fourth-order valence-electron chi connectivity index (χ4n) is 2.37. The molecule has 1 aromatic heterocycles. The van der Waals surface area contributed by atoms with Crippen LogP contribution in [0.15, 0.2) is 41.0 Å². The van der Waals surface area contributed by atoms with E-state index in [1.54, 1.807) is 25.1 Å². The molecule has 0 spiro atoms. The summed E-state index contributed by atoms with van der Waals surface area (Å²) in [4.78, 5) is 36.4. The van der Waals surface area contributed by atoms with Crippen molar-refractivity contribution in [1.29, 1.82) is 0 Å². The lowest BCUT2D eigenvalue weighted by Crippen LogP contribution is -2.40. The normalized spacial score (nSPS) is 11.8. The summed E-state index contributed by atoms with van der Waals surface area (Å²) in [5, 5.41) is 15.9. The van der Waals surface area contributed by atoms with Crippen molar-refractivity contribution in [1.82, 2.24) is 10.2 Å². The highest BCUT2D eigenvalue weighted by Gasteiger charge is 2.23. The Kier molecular flexibility index (Phi) is 6.07. The van der Waals surface area contributed by atoms with E-state index >= 15 is 0 Å². The van der Waals surface area contributed by atoms with E-state index in [2.05, 4.69) is 10.6 Å². The first-order valence-corrected chi connectivity index (χ1v) is 7.83. The molecule has 1 heterocycles. The average molecular weight is 360 g/mol. The molecule has 0 aliphatic carbocycles. The summed E-state index contributed by atoms with van der Waals surface area (Å²) in [6.07, 6.45) is 1.52. The zero-order valence-electron chi connectivity index (χ0n) is 14.7. The van der Waals surface area contributed by atoms with Crippen molar-refractivity contribution in [2.75, 3.05) is 26.0 Å². The minimum atomic E-state index is -0.978. The van der Waals surface area contributed by atoms with Crippen LogP contribution in [-0.4, -0.2) is 42.3 Å². The lowest BCUT2D eigenvalue weighted by molar-refractivity contribution is -0.384. The molecular formula is C17H20N4O5. The quantitative estimate of drug-likeness (QED) is 0.461. The summed E-state index contributed by atoms with van der Waals surface area (Å²) in [7, 11) is 3.63. The van der Waals surface area contributed by atoms with Crippen LogP contribution in [0.4, 0.5) is 11.4 Å². The number of benzene rings is 1. The van der Waals surface area contributed by atoms with Crippen molar-refractivity contribution in [3.05, 3.63) is 58.0 Å². The Labute approximate surface area is 150 Å². The van der Waals surface area contributed by atoms with Crippen molar-refractivity contribution >= 4 is 23.2 Å². The maximum Gasteiger partial charge on any atom is 0.313 e. The van der Waals surface area contributed by atoms with Crippen LogP contribution >= 0.6 is 0 Å². The smallest absolute Gasteiger partial charge is 0.313 e. The van der Waals surface area contributed by atoms with E-state index in [9.17, 15) is 19.7 Å². The number of amides is 2. The molecule has 0 unspecified atom stereocenters. The summed E-state index contributed by atoms with van der Waals surface area (Å²) >= 11 is 0. The predicted molar refractivity (Wildman–Crippen MR) is 94.6 cm³/mol. The monoisotopic (exact) mass is 360 g/mol. The molecule has 0 aliphatic heterocycles. The number of carbonyl (C=O) groups is 2. The number of likely N-dealkylation sites (N-methyl/N-ethyl adjacent to an activating group) is 1. The Hall–Kier alpha value is -3.20. The third kappa shape index (κ3) is 4.67. The van der Waals surface area contributed by atoms with Crippen molar-refractivity contribution in [2.24, 2.45) is 0 Å². The van der Waals surface area contributed by atoms with Crippen molar-refractivity contribution < 1.29 is 18.9 Å². The van der Waals surface area contributed by atoms with E-state index in [0.29, 0.717) is 11.3 Å². The van der Waals surface area contributed by atoms with Gasteiger partial charge in [0.05, 0.1) is 17.2 Å². The van der Waals surface area contributed by atoms with Crippen LogP contribution in [0.2, 0.25) is 0 Å². The highest BCUT2D eigenvalue weighted by atomic mass is 16.6. The van der Waals surface area contributed by atoms with Crippen molar-refractivity contribution in [3.8, 4) is 0 Å². The molecule has 0 saturated carbocycles. The molecule has 138 valence electrons. The van der Waals surface area contributed by atoms with Gasteiger partial charge in [-0.2, -0.15) is 0 Å². The van der Waals surface area contributed by atoms with E-state index in [-0.39, 0.29) is 24.0 Å². The minimum absolute atomic E-state index is 0.0315. The van der Waals surface area contributed by atoms with Gasteiger partial charge in [0, 0.05) is 12.6 Å². The maximum absolute atomic E-state index is 12.1. The second-order valence-electron chi connectivity index (χ2n) is 5.94. The van der Waals surface area contributed by atoms with Gasteiger partial charge in [0.15, 0.2) is 0 Å². The Balaban J connectivity index is 2.02. The number of nitrogens with one attached hydrogen (secondary N) is 2. The van der Waals surface area contributed by atoms with Gasteiger partial charge in [0.25, 0.3) is 5.69 Å². The number of furan rings is 1. The van der Waals surface area contributed by atoms with Crippen molar-refractivity contribution in [3.63, 3.8) is 0 Å². The van der Waals surface area contributed by atoms with Gasteiger partial charge in [0.2, 0.25) is 0 Å². The third-order valence-electron chi connectivity index (χ3n) is 3.76. The molecule has 9 heteroatoms. The van der Waals surface area contributed by atoms with Crippen LogP contribution in [0.25, 0.3) is 0 Å². The van der Waals surface area contributed by atoms with Crippen molar-refractivity contribution in [2.45, 2.75) is 13.0 Å². The molecule has 9 nitrogen and oxygen atoms in total. The topological polar surface area (TPSA) is 118 Å². The molecule has 0 radical (unpaired) electrons. The Morgan fingerprint density at radius 1 is 1.27 bits per heavy atom. The molecule has 1 atom stereocenters. The summed E-state index contributed by atoms with van der Waals surface area (Å²) < 4.78 is 5.33. The highest BCUT2D eigenvalue weighted by molar-refractivity contribution is 6.39. The number of anilines is 1. The van der Waals surface area contributed by atoms with Gasteiger partial charge in [0.1, 0.15) is 11.4 Å². The van der Waals surface area contributed by atoms with Gasteiger partial charge >= 0.3 is 11.8 Å². The number of carbonyl (C=O) groups excluding carboxylic acids is 2. The molecule has 2 aromatic rings. The molecule has 0 aliphatic rings. The minimum Gasteiger partial charge on any atom is -0.468 e. The number of hydrogen-bond acceptors (Lipinski definition) is 6. The van der Waals surface area contributed by atoms with Gasteiger partial charge in [-0.25, -0.2) is 0 Å². The fraction of sp³-hybridized carbons (Fsp3) is 0.294. The van der Waals surface area contributed by atoms with Crippen LogP contribution in [0.1, 0.15) is 17.4 Å². The van der Waals surface area contributed by atoms with E-state index in [4.69, 9.17) is 4.42 Å². The first kappa shape index (κ1) is 19.1. The van der Waals surface area contributed by atoms with Crippen LogP contribution in [-0.2, 0) is 9.59 Å². The lowest BCUT2D eigenvalue weighted by Gasteiger charge is -2.22. The number of rotatable bonds is 6. The van der Waals surface area contributed by atoms with Crippen LogP contribution in [0.5, 0.6) is 0 Å². The van der Waals surface area contributed by atoms with E-state index < -0.39 is 16.7 Å². The second-order valence-corrected chi connectivity index (χ2v) is 5.94. The third-order valence-corrected chi connectivity index (χ3v) is 3.76. The predicted octanol–water partition coefficient (Wildman–Crippen LogP) is 1.85. The van der Waals surface area contributed by atoms with Crippen LogP contribution in [0.3, 0.4) is 0 Å². The fourth-order valence-corrected chi connectivity index (χ4v) is 2.37. The van der Waals surface area contributed by atoms with E-state index in [0.717, 1.165) is 0 Å². The first-order chi connectivity index (χ1) is 12.3. The summed E-state index contributed by atoms with van der Waals surface area (Å²) in [5.74, 6) is -1.22. The largest absolute Gasteiger partial charge is 0.468 e. The molecular weight excluding hydrogens is 340 g/mol. The lowest BCUT2D eigenvalue weighted by atomic mass is 10.2. The SMILES string of the molecule is Cc1ccc(NC(=O)C(=O)NC[C@H](c2ccco2)N(C)C)c([N+](=O)[O-])c1. The summed E-state index contributed by atoms with van der Waals surface area (Å²) in [6.45, 7) is 1.84. The molecule has 26 heavy (non-hydrogen) atoms. The summed E-state index contributed by atoms with van der Waals surface area (Å²) in [6, 6.07) is 7.58. The van der Waals surface area contributed by atoms with Crippen LogP contribution in [0, 0.1) is 17.0 Å². The van der Waals surface area contributed by atoms with Gasteiger partial charge in [-0.3, -0.25) is 24.6 Å². The molecule has 2 N–H and O–H groups in total. The van der Waals surface area contributed by atoms with E-state index in [1.165, 1.54) is 18.4 Å². The highest BCUT2D eigenvalue weighted by Crippen LogP contribution is 2.25. The molecule has 2 rings (SSSR count). The Bertz CT molecular complexity index is 801. The van der Waals surface area contributed by atoms with Gasteiger partial charge in [-0.05, 0) is 44.8 Å². The Morgan fingerprint density at radius 2 is 2.00 bits per heavy atom. The van der Waals surface area contributed by atoms with Gasteiger partial charge < -0.3 is 15.1 Å².